The first kappa shape index (κ1) is 19.5. The van der Waals surface area contributed by atoms with Crippen LogP contribution in [0.15, 0.2) is 100 Å². The summed E-state index contributed by atoms with van der Waals surface area (Å²) in [6.07, 6.45) is 12.7. The summed E-state index contributed by atoms with van der Waals surface area (Å²) in [6.45, 7) is 0. The number of hydrogen-bond acceptors (Lipinski definition) is 1. The minimum Gasteiger partial charge on any atom is -0.255 e. The van der Waals surface area contributed by atoms with Gasteiger partial charge in [0, 0.05) is 20.7 Å². The molecule has 1 heterocycles. The summed E-state index contributed by atoms with van der Waals surface area (Å²) in [4.78, 5) is 4.74. The predicted molar refractivity (Wildman–Crippen MR) is 136 cm³/mol. The van der Waals surface area contributed by atoms with Gasteiger partial charge in [0.2, 0.25) is 0 Å². The average Bonchev–Trinajstić information content (AvgIpc) is 2.76. The highest BCUT2D eigenvalue weighted by Gasteiger charge is 2.18. The van der Waals surface area contributed by atoms with Crippen LogP contribution >= 0.6 is 31.9 Å². The highest BCUT2D eigenvalue weighted by atomic mass is 79.9. The summed E-state index contributed by atoms with van der Waals surface area (Å²) in [5.74, 6) is 0. The monoisotopic (exact) mass is 515 g/mol. The quantitative estimate of drug-likeness (QED) is 0.242. The number of nitrogens with zero attached hydrogens (tertiary/aromatic N) is 1. The van der Waals surface area contributed by atoms with Crippen molar-refractivity contribution < 1.29 is 0 Å². The fourth-order valence-corrected chi connectivity index (χ4v) is 4.79. The Hall–Kier alpha value is -2.49. The van der Waals surface area contributed by atoms with Crippen LogP contribution in [0.4, 0.5) is 0 Å². The summed E-state index contributed by atoms with van der Waals surface area (Å²) >= 11 is 7.15. The van der Waals surface area contributed by atoms with E-state index in [1.807, 2.05) is 6.20 Å². The molecule has 30 heavy (non-hydrogen) atoms. The minimum absolute atomic E-state index is 0.988. The summed E-state index contributed by atoms with van der Waals surface area (Å²) < 4.78 is 2.09. The Morgan fingerprint density at radius 1 is 0.700 bits per heavy atom. The van der Waals surface area contributed by atoms with Crippen molar-refractivity contribution >= 4 is 59.0 Å². The summed E-state index contributed by atoms with van der Waals surface area (Å²) in [7, 11) is 0. The number of aromatic nitrogens is 1. The van der Waals surface area contributed by atoms with Gasteiger partial charge in [-0.15, -0.1) is 0 Å². The third-order valence-corrected chi connectivity index (χ3v) is 6.54. The normalized spacial score (nSPS) is 18.9. The second-order valence-corrected chi connectivity index (χ2v) is 9.22. The second kappa shape index (κ2) is 8.33. The zero-order chi connectivity index (χ0) is 20.5. The van der Waals surface area contributed by atoms with Crippen molar-refractivity contribution in [3.05, 3.63) is 106 Å². The van der Waals surface area contributed by atoms with Crippen LogP contribution in [0.25, 0.3) is 38.4 Å². The molecule has 0 spiro atoms. The minimum atomic E-state index is 0.988. The number of allylic oxidation sites excluding steroid dienone is 6. The van der Waals surface area contributed by atoms with Gasteiger partial charge in [0.1, 0.15) is 0 Å². The van der Waals surface area contributed by atoms with Crippen molar-refractivity contribution in [2.75, 3.05) is 0 Å². The Morgan fingerprint density at radius 2 is 1.33 bits per heavy atom. The smallest absolute Gasteiger partial charge is 0.0715 e. The molecule has 0 bridgehead atoms. The maximum Gasteiger partial charge on any atom is 0.0715 e. The van der Waals surface area contributed by atoms with Gasteiger partial charge in [0.25, 0.3) is 0 Å². The lowest BCUT2D eigenvalue weighted by Gasteiger charge is -2.19. The largest absolute Gasteiger partial charge is 0.255 e. The zero-order valence-corrected chi connectivity index (χ0v) is 19.4. The maximum atomic E-state index is 4.74. The zero-order valence-electron chi connectivity index (χ0n) is 16.3. The second-order valence-electron chi connectivity index (χ2n) is 7.39. The molecule has 1 aliphatic carbocycles. The van der Waals surface area contributed by atoms with E-state index in [-0.39, 0.29) is 0 Å². The highest BCUT2D eigenvalue weighted by molar-refractivity contribution is 9.12. The lowest BCUT2D eigenvalue weighted by molar-refractivity contribution is 1.07. The van der Waals surface area contributed by atoms with Crippen molar-refractivity contribution in [1.29, 1.82) is 0 Å². The van der Waals surface area contributed by atoms with Crippen LogP contribution in [0.3, 0.4) is 0 Å². The number of halogens is 2. The third-order valence-electron chi connectivity index (χ3n) is 5.54. The van der Waals surface area contributed by atoms with Crippen molar-refractivity contribution in [1.82, 2.24) is 4.98 Å². The fourth-order valence-electron chi connectivity index (χ4n) is 4.24. The Bertz CT molecular complexity index is 1290. The number of pyridine rings is 1. The van der Waals surface area contributed by atoms with Crippen LogP contribution in [-0.4, -0.2) is 4.98 Å². The number of fused-ring (bicyclic) bond motifs is 2. The Morgan fingerprint density at radius 3 is 1.93 bits per heavy atom. The Balaban J connectivity index is 1.89. The molecule has 0 radical (unpaired) electrons. The average molecular weight is 517 g/mol. The molecule has 0 N–H and O–H groups in total. The SMILES string of the molecule is BrC1=C/C=C(/c2c3ccccc3c(-c3ccc(Br)cn3)c3ccccc23)CC/C=C\1. The predicted octanol–water partition coefficient (Wildman–Crippen LogP) is 8.83. The van der Waals surface area contributed by atoms with E-state index in [1.165, 1.54) is 38.2 Å². The van der Waals surface area contributed by atoms with Gasteiger partial charge in [-0.2, -0.15) is 0 Å². The molecule has 0 saturated heterocycles. The van der Waals surface area contributed by atoms with E-state index in [2.05, 4.69) is 117 Å². The molecular weight excluding hydrogens is 498 g/mol. The molecule has 0 fully saturated rings. The molecule has 5 rings (SSSR count). The maximum absolute atomic E-state index is 4.74. The molecular formula is C27H19Br2N. The first-order valence-corrected chi connectivity index (χ1v) is 11.6. The first-order chi connectivity index (χ1) is 14.7. The molecule has 4 aromatic rings. The summed E-state index contributed by atoms with van der Waals surface area (Å²) in [5.41, 5.74) is 4.88. The van der Waals surface area contributed by atoms with E-state index < -0.39 is 0 Å². The van der Waals surface area contributed by atoms with Crippen LogP contribution in [0.2, 0.25) is 0 Å². The van der Waals surface area contributed by atoms with Gasteiger partial charge in [0.05, 0.1) is 5.69 Å². The van der Waals surface area contributed by atoms with Crippen molar-refractivity contribution in [2.24, 2.45) is 0 Å². The van der Waals surface area contributed by atoms with E-state index >= 15 is 0 Å². The van der Waals surface area contributed by atoms with Crippen LogP contribution in [0, 0.1) is 0 Å². The lowest BCUT2D eigenvalue weighted by Crippen LogP contribution is -1.95. The van der Waals surface area contributed by atoms with E-state index in [9.17, 15) is 0 Å². The molecule has 1 aliphatic rings. The van der Waals surface area contributed by atoms with Crippen molar-refractivity contribution in [3.63, 3.8) is 0 Å². The molecule has 3 heteroatoms. The van der Waals surface area contributed by atoms with Crippen molar-refractivity contribution in [2.45, 2.75) is 12.8 Å². The van der Waals surface area contributed by atoms with Crippen LogP contribution < -0.4 is 0 Å². The van der Waals surface area contributed by atoms with E-state index in [4.69, 9.17) is 4.98 Å². The molecule has 0 aliphatic heterocycles. The van der Waals surface area contributed by atoms with Gasteiger partial charge in [-0.3, -0.25) is 4.98 Å². The highest BCUT2D eigenvalue weighted by Crippen LogP contribution is 2.42. The number of rotatable bonds is 2. The standard InChI is InChI=1S/C27H19Br2N/c28-19-8-2-1-7-18(13-14-19)26-21-9-3-5-11-23(21)27(24-12-6-4-10-22(24)26)25-16-15-20(29)17-30-25/h2-6,8-17H,1,7H2/b8-2-,18-13+,19-14+. The van der Waals surface area contributed by atoms with Gasteiger partial charge < -0.3 is 0 Å². The van der Waals surface area contributed by atoms with Gasteiger partial charge >= 0.3 is 0 Å². The molecule has 0 saturated carbocycles. The lowest BCUT2D eigenvalue weighted by atomic mass is 9.85. The van der Waals surface area contributed by atoms with Crippen LogP contribution in [-0.2, 0) is 0 Å². The Kier molecular flexibility index (Phi) is 5.41. The molecule has 0 unspecified atom stereocenters. The molecule has 1 nitrogen and oxygen atoms in total. The van der Waals surface area contributed by atoms with Crippen LogP contribution in [0.1, 0.15) is 18.4 Å². The van der Waals surface area contributed by atoms with Crippen LogP contribution in [0.5, 0.6) is 0 Å². The molecule has 1 aromatic heterocycles. The van der Waals surface area contributed by atoms with E-state index in [0.717, 1.165) is 27.5 Å². The number of benzene rings is 3. The third kappa shape index (κ3) is 3.57. The Labute approximate surface area is 193 Å². The van der Waals surface area contributed by atoms with Gasteiger partial charge in [0.15, 0.2) is 0 Å². The molecule has 146 valence electrons. The molecule has 3 aromatic carbocycles. The van der Waals surface area contributed by atoms with Gasteiger partial charge in [-0.05, 0) is 79.7 Å². The summed E-state index contributed by atoms with van der Waals surface area (Å²) in [5, 5.41) is 5.03. The fraction of sp³-hybridized carbons (Fsp3) is 0.0741. The molecule has 0 amide bonds. The number of hydrogen-bond donors (Lipinski definition) is 0. The topological polar surface area (TPSA) is 12.9 Å². The van der Waals surface area contributed by atoms with E-state index in [0.29, 0.717) is 0 Å². The first-order valence-electron chi connectivity index (χ1n) is 10.0. The van der Waals surface area contributed by atoms with Gasteiger partial charge in [-0.1, -0.05) is 82.7 Å². The van der Waals surface area contributed by atoms with Gasteiger partial charge in [-0.25, -0.2) is 0 Å². The molecule has 0 atom stereocenters. The summed E-state index contributed by atoms with van der Waals surface area (Å²) in [6, 6.07) is 21.6. The van der Waals surface area contributed by atoms with E-state index in [1.54, 1.807) is 0 Å². The van der Waals surface area contributed by atoms with Crippen molar-refractivity contribution in [3.8, 4) is 11.3 Å².